The summed E-state index contributed by atoms with van der Waals surface area (Å²) in [7, 11) is 0. The zero-order valence-corrected chi connectivity index (χ0v) is 16.7. The maximum Gasteiger partial charge on any atom is 0.227 e. The van der Waals surface area contributed by atoms with Gasteiger partial charge in [0.05, 0.1) is 5.92 Å². The van der Waals surface area contributed by atoms with Crippen LogP contribution in [-0.2, 0) is 9.59 Å². The molecule has 3 rings (SSSR count). The summed E-state index contributed by atoms with van der Waals surface area (Å²) >= 11 is 0. The number of nitrogens with zero attached hydrogens (tertiary/aromatic N) is 5. The first-order valence-electron chi connectivity index (χ1n) is 10.1. The number of likely N-dealkylation sites (tertiary alicyclic amines) is 1. The van der Waals surface area contributed by atoms with Crippen LogP contribution in [0.2, 0.25) is 0 Å². The van der Waals surface area contributed by atoms with E-state index >= 15 is 0 Å². The van der Waals surface area contributed by atoms with Gasteiger partial charge >= 0.3 is 0 Å². The van der Waals surface area contributed by atoms with Crippen LogP contribution in [0.25, 0.3) is 0 Å². The fraction of sp³-hybridized carbons (Fsp3) is 0.700. The maximum atomic E-state index is 13.2. The molecule has 0 saturated carbocycles. The molecule has 27 heavy (non-hydrogen) atoms. The molecule has 7 nitrogen and oxygen atoms in total. The van der Waals surface area contributed by atoms with E-state index < -0.39 is 0 Å². The van der Waals surface area contributed by atoms with Gasteiger partial charge in [0.1, 0.15) is 0 Å². The van der Waals surface area contributed by atoms with E-state index in [1.165, 1.54) is 0 Å². The lowest BCUT2D eigenvalue weighted by atomic mass is 9.87. The number of piperidine rings is 1. The van der Waals surface area contributed by atoms with Gasteiger partial charge < -0.3 is 14.7 Å². The first kappa shape index (κ1) is 19.6. The van der Waals surface area contributed by atoms with Gasteiger partial charge in [-0.2, -0.15) is 0 Å². The second-order valence-electron chi connectivity index (χ2n) is 8.04. The predicted octanol–water partition coefficient (Wildman–Crippen LogP) is 1.80. The highest BCUT2D eigenvalue weighted by atomic mass is 16.2. The molecular formula is C20H31N5O2. The molecular weight excluding hydrogens is 342 g/mol. The Morgan fingerprint density at radius 1 is 1.19 bits per heavy atom. The standard InChI is InChI=1S/C20H31N5O2/c1-15(2)14-25-16(3)17(6-7-18(25)26)19(27)23-10-5-11-24(13-12-23)20-21-8-4-9-22-20/h4,8-9,15-17H,5-7,10-14H2,1-3H3/t16-,17-/m1/s1. The van der Waals surface area contributed by atoms with E-state index in [2.05, 4.69) is 28.7 Å². The highest BCUT2D eigenvalue weighted by Gasteiger charge is 2.39. The molecule has 1 aromatic rings. The van der Waals surface area contributed by atoms with Crippen molar-refractivity contribution in [2.45, 2.75) is 46.1 Å². The van der Waals surface area contributed by atoms with Crippen molar-refractivity contribution in [1.29, 1.82) is 0 Å². The van der Waals surface area contributed by atoms with Crippen molar-refractivity contribution in [2.24, 2.45) is 11.8 Å². The second kappa shape index (κ2) is 8.67. The van der Waals surface area contributed by atoms with Gasteiger partial charge in [-0.05, 0) is 31.7 Å². The molecule has 0 aliphatic carbocycles. The Bertz CT molecular complexity index is 651. The Balaban J connectivity index is 1.64. The number of carbonyl (C=O) groups is 2. The Kier molecular flexibility index (Phi) is 6.29. The molecule has 0 bridgehead atoms. The molecule has 2 aliphatic rings. The molecule has 0 unspecified atom stereocenters. The molecule has 2 atom stereocenters. The van der Waals surface area contributed by atoms with Crippen LogP contribution < -0.4 is 4.90 Å². The first-order chi connectivity index (χ1) is 13.0. The molecule has 2 amide bonds. The summed E-state index contributed by atoms with van der Waals surface area (Å²) in [4.78, 5) is 40.3. The molecule has 3 heterocycles. The number of hydrogen-bond donors (Lipinski definition) is 0. The molecule has 0 aromatic carbocycles. The van der Waals surface area contributed by atoms with Gasteiger partial charge in [-0.1, -0.05) is 13.8 Å². The van der Waals surface area contributed by atoms with Crippen LogP contribution in [-0.4, -0.2) is 70.3 Å². The van der Waals surface area contributed by atoms with E-state index in [4.69, 9.17) is 0 Å². The van der Waals surface area contributed by atoms with Crippen LogP contribution >= 0.6 is 0 Å². The minimum Gasteiger partial charge on any atom is -0.341 e. The molecule has 0 radical (unpaired) electrons. The van der Waals surface area contributed by atoms with E-state index in [-0.39, 0.29) is 23.8 Å². The number of anilines is 1. The SMILES string of the molecule is CC(C)CN1C(=O)CC[C@@H](C(=O)N2CCCN(c3ncccn3)CC2)[C@H]1C. The van der Waals surface area contributed by atoms with E-state index in [0.717, 1.165) is 38.5 Å². The summed E-state index contributed by atoms with van der Waals surface area (Å²) in [5, 5.41) is 0. The van der Waals surface area contributed by atoms with Crippen LogP contribution in [0.4, 0.5) is 5.95 Å². The van der Waals surface area contributed by atoms with E-state index in [9.17, 15) is 9.59 Å². The van der Waals surface area contributed by atoms with E-state index in [1.807, 2.05) is 22.8 Å². The second-order valence-corrected chi connectivity index (χ2v) is 8.04. The quantitative estimate of drug-likeness (QED) is 0.805. The lowest BCUT2D eigenvalue weighted by molar-refractivity contribution is -0.147. The molecule has 148 valence electrons. The summed E-state index contributed by atoms with van der Waals surface area (Å²) in [6.07, 6.45) is 5.54. The van der Waals surface area contributed by atoms with Gasteiger partial charge in [-0.3, -0.25) is 9.59 Å². The van der Waals surface area contributed by atoms with Gasteiger partial charge in [0, 0.05) is 57.6 Å². The Labute approximate surface area is 161 Å². The van der Waals surface area contributed by atoms with Gasteiger partial charge in [0.2, 0.25) is 17.8 Å². The van der Waals surface area contributed by atoms with Crippen molar-refractivity contribution in [3.05, 3.63) is 18.5 Å². The monoisotopic (exact) mass is 373 g/mol. The Morgan fingerprint density at radius 2 is 1.93 bits per heavy atom. The third-order valence-electron chi connectivity index (χ3n) is 5.59. The van der Waals surface area contributed by atoms with Crippen LogP contribution in [0.1, 0.15) is 40.0 Å². The minimum atomic E-state index is -0.0963. The third-order valence-corrected chi connectivity index (χ3v) is 5.59. The van der Waals surface area contributed by atoms with Crippen LogP contribution in [0, 0.1) is 11.8 Å². The van der Waals surface area contributed by atoms with Crippen molar-refractivity contribution < 1.29 is 9.59 Å². The number of carbonyl (C=O) groups excluding carboxylic acids is 2. The molecule has 2 fully saturated rings. The van der Waals surface area contributed by atoms with Crippen molar-refractivity contribution in [3.63, 3.8) is 0 Å². The average molecular weight is 374 g/mol. The van der Waals surface area contributed by atoms with E-state index in [0.29, 0.717) is 25.3 Å². The van der Waals surface area contributed by atoms with Crippen LogP contribution in [0.5, 0.6) is 0 Å². The average Bonchev–Trinajstić information content (AvgIpc) is 2.91. The molecule has 0 spiro atoms. The summed E-state index contributed by atoms with van der Waals surface area (Å²) in [6.45, 7) is 10.0. The van der Waals surface area contributed by atoms with Gasteiger partial charge in [-0.15, -0.1) is 0 Å². The fourth-order valence-electron chi connectivity index (χ4n) is 4.13. The summed E-state index contributed by atoms with van der Waals surface area (Å²) < 4.78 is 0. The zero-order valence-electron chi connectivity index (χ0n) is 16.7. The molecule has 0 N–H and O–H groups in total. The predicted molar refractivity (Wildman–Crippen MR) is 104 cm³/mol. The van der Waals surface area contributed by atoms with Crippen molar-refractivity contribution in [3.8, 4) is 0 Å². The van der Waals surface area contributed by atoms with Crippen molar-refractivity contribution in [2.75, 3.05) is 37.6 Å². The smallest absolute Gasteiger partial charge is 0.227 e. The zero-order chi connectivity index (χ0) is 19.4. The Hall–Kier alpha value is -2.18. The molecule has 2 saturated heterocycles. The lowest BCUT2D eigenvalue weighted by Gasteiger charge is -2.41. The van der Waals surface area contributed by atoms with Gasteiger partial charge in [0.25, 0.3) is 0 Å². The lowest BCUT2D eigenvalue weighted by Crippen LogP contribution is -2.53. The largest absolute Gasteiger partial charge is 0.341 e. The summed E-state index contributed by atoms with van der Waals surface area (Å²) in [6, 6.07) is 1.78. The minimum absolute atomic E-state index is 0.0297. The van der Waals surface area contributed by atoms with Crippen molar-refractivity contribution >= 4 is 17.8 Å². The third kappa shape index (κ3) is 4.57. The molecule has 2 aliphatic heterocycles. The van der Waals surface area contributed by atoms with Crippen LogP contribution in [0.15, 0.2) is 18.5 Å². The highest BCUT2D eigenvalue weighted by Crippen LogP contribution is 2.27. The van der Waals surface area contributed by atoms with Crippen LogP contribution in [0.3, 0.4) is 0 Å². The Morgan fingerprint density at radius 3 is 2.63 bits per heavy atom. The fourth-order valence-corrected chi connectivity index (χ4v) is 4.13. The van der Waals surface area contributed by atoms with E-state index in [1.54, 1.807) is 12.4 Å². The van der Waals surface area contributed by atoms with Gasteiger partial charge in [0.15, 0.2) is 0 Å². The normalized spacial score (nSPS) is 24.3. The number of rotatable bonds is 4. The maximum absolute atomic E-state index is 13.2. The van der Waals surface area contributed by atoms with Crippen molar-refractivity contribution in [1.82, 2.24) is 19.8 Å². The molecule has 1 aromatic heterocycles. The number of amides is 2. The summed E-state index contributed by atoms with van der Waals surface area (Å²) in [5.41, 5.74) is 0. The summed E-state index contributed by atoms with van der Waals surface area (Å²) in [5.74, 6) is 1.42. The number of aromatic nitrogens is 2. The van der Waals surface area contributed by atoms with Gasteiger partial charge in [-0.25, -0.2) is 9.97 Å². The topological polar surface area (TPSA) is 69.6 Å². The highest BCUT2D eigenvalue weighted by molar-refractivity contribution is 5.84. The first-order valence-corrected chi connectivity index (χ1v) is 10.1. The number of hydrogen-bond acceptors (Lipinski definition) is 5. The molecule has 7 heteroatoms.